The number of anilines is 1. The zero-order valence-electron chi connectivity index (χ0n) is 10.7. The Hall–Kier alpha value is -0.950. The molecule has 1 unspecified atom stereocenters. The third-order valence-corrected chi connectivity index (χ3v) is 4.69. The number of amides is 1. The van der Waals surface area contributed by atoms with E-state index in [0.29, 0.717) is 28.9 Å². The van der Waals surface area contributed by atoms with E-state index in [-0.39, 0.29) is 16.9 Å². The molecule has 3 nitrogen and oxygen atoms in total. The van der Waals surface area contributed by atoms with Crippen molar-refractivity contribution in [3.8, 4) is 0 Å². The first-order valence-corrected chi connectivity index (χ1v) is 7.74. The molecule has 1 aliphatic heterocycles. The Morgan fingerprint density at radius 1 is 1.45 bits per heavy atom. The van der Waals surface area contributed by atoms with E-state index in [1.165, 1.54) is 23.6 Å². The molecule has 0 spiro atoms. The first-order valence-electron chi connectivity index (χ1n) is 5.96. The van der Waals surface area contributed by atoms with Gasteiger partial charge in [0.2, 0.25) is 5.91 Å². The maximum Gasteiger partial charge on any atom is 0.227 e. The number of hydrogen-bond donors (Lipinski definition) is 0. The summed E-state index contributed by atoms with van der Waals surface area (Å²) in [6, 6.07) is 2.02. The normalized spacial score (nSPS) is 18.7. The molecule has 7 heteroatoms. The number of nitrogens with zero attached hydrogens (tertiary/aromatic N) is 1. The Kier molecular flexibility index (Phi) is 4.80. The van der Waals surface area contributed by atoms with E-state index in [2.05, 4.69) is 15.9 Å². The minimum Gasteiger partial charge on any atom is -0.311 e. The summed E-state index contributed by atoms with van der Waals surface area (Å²) in [5.41, 5.74) is 0.323. The van der Waals surface area contributed by atoms with Gasteiger partial charge in [-0.1, -0.05) is 11.8 Å². The lowest BCUT2D eigenvalue weighted by Crippen LogP contribution is -2.25. The standard InChI is InChI=1S/C13H12BrF2NO2S/c1-7(18)20-6-8-2-13(19)17(5-8)12-4-11(16)10(15)3-9(12)14/h3-4,8H,2,5-6H2,1H3. The molecule has 0 radical (unpaired) electrons. The Labute approximate surface area is 127 Å². The van der Waals surface area contributed by atoms with Crippen LogP contribution in [0.2, 0.25) is 0 Å². The lowest BCUT2D eigenvalue weighted by Gasteiger charge is -2.18. The van der Waals surface area contributed by atoms with E-state index < -0.39 is 11.6 Å². The lowest BCUT2D eigenvalue weighted by molar-refractivity contribution is -0.117. The highest BCUT2D eigenvalue weighted by Crippen LogP contribution is 2.34. The summed E-state index contributed by atoms with van der Waals surface area (Å²) in [5, 5.41) is 0.00454. The predicted octanol–water partition coefficient (Wildman–Crippen LogP) is 3.36. The second-order valence-corrected chi connectivity index (χ2v) is 6.65. The van der Waals surface area contributed by atoms with Gasteiger partial charge < -0.3 is 4.90 Å². The van der Waals surface area contributed by atoms with Crippen molar-refractivity contribution in [2.24, 2.45) is 5.92 Å². The van der Waals surface area contributed by atoms with Gasteiger partial charge in [0, 0.05) is 36.2 Å². The van der Waals surface area contributed by atoms with Crippen LogP contribution in [0.25, 0.3) is 0 Å². The van der Waals surface area contributed by atoms with E-state index in [1.807, 2.05) is 0 Å². The molecule has 1 amide bonds. The summed E-state index contributed by atoms with van der Waals surface area (Å²) in [4.78, 5) is 24.3. The van der Waals surface area contributed by atoms with Gasteiger partial charge in [-0.15, -0.1) is 0 Å². The molecule has 1 aliphatic rings. The van der Waals surface area contributed by atoms with Crippen LogP contribution in [0.3, 0.4) is 0 Å². The molecule has 1 heterocycles. The van der Waals surface area contributed by atoms with Crippen molar-refractivity contribution in [3.05, 3.63) is 28.2 Å². The Morgan fingerprint density at radius 2 is 2.10 bits per heavy atom. The Balaban J connectivity index is 2.16. The number of hydrogen-bond acceptors (Lipinski definition) is 3. The second-order valence-electron chi connectivity index (χ2n) is 4.59. The van der Waals surface area contributed by atoms with Gasteiger partial charge in [-0.25, -0.2) is 8.78 Å². The summed E-state index contributed by atoms with van der Waals surface area (Å²) < 4.78 is 26.7. The van der Waals surface area contributed by atoms with Gasteiger partial charge in [0.05, 0.1) is 5.69 Å². The molecular formula is C13H12BrF2NO2S. The molecule has 0 N–H and O–H groups in total. The molecule has 0 aliphatic carbocycles. The third kappa shape index (κ3) is 3.38. The van der Waals surface area contributed by atoms with E-state index in [1.54, 1.807) is 0 Å². The van der Waals surface area contributed by atoms with E-state index in [0.717, 1.165) is 12.1 Å². The van der Waals surface area contributed by atoms with Crippen molar-refractivity contribution in [2.45, 2.75) is 13.3 Å². The highest BCUT2D eigenvalue weighted by molar-refractivity contribution is 9.10. The minimum absolute atomic E-state index is 0.00454. The Morgan fingerprint density at radius 3 is 2.75 bits per heavy atom. The van der Waals surface area contributed by atoms with Gasteiger partial charge in [0.15, 0.2) is 16.7 Å². The van der Waals surface area contributed by atoms with Crippen LogP contribution in [0, 0.1) is 17.6 Å². The van der Waals surface area contributed by atoms with Crippen molar-refractivity contribution < 1.29 is 18.4 Å². The van der Waals surface area contributed by atoms with Gasteiger partial charge in [-0.3, -0.25) is 9.59 Å². The average molecular weight is 364 g/mol. The summed E-state index contributed by atoms with van der Waals surface area (Å²) in [6.07, 6.45) is 0.311. The molecule has 1 aromatic carbocycles. The van der Waals surface area contributed by atoms with Crippen molar-refractivity contribution in [1.82, 2.24) is 0 Å². The molecule has 1 fully saturated rings. The zero-order valence-corrected chi connectivity index (χ0v) is 13.1. The number of carbonyl (C=O) groups excluding carboxylic acids is 2. The highest BCUT2D eigenvalue weighted by atomic mass is 79.9. The quantitative estimate of drug-likeness (QED) is 0.772. The second kappa shape index (κ2) is 6.22. The van der Waals surface area contributed by atoms with Crippen LogP contribution >= 0.6 is 27.7 Å². The number of rotatable bonds is 3. The van der Waals surface area contributed by atoms with Crippen LogP contribution in [0.4, 0.5) is 14.5 Å². The first-order chi connectivity index (χ1) is 9.38. The average Bonchev–Trinajstić information content (AvgIpc) is 2.72. The topological polar surface area (TPSA) is 37.4 Å². The third-order valence-electron chi connectivity index (χ3n) is 3.01. The fraction of sp³-hybridized carbons (Fsp3) is 0.385. The molecule has 108 valence electrons. The summed E-state index contributed by atoms with van der Waals surface area (Å²) in [6.45, 7) is 1.88. The van der Waals surface area contributed by atoms with Crippen molar-refractivity contribution >= 4 is 44.4 Å². The molecule has 1 aromatic rings. The highest BCUT2D eigenvalue weighted by Gasteiger charge is 2.32. The van der Waals surface area contributed by atoms with Crippen LogP contribution in [0.5, 0.6) is 0 Å². The number of thioether (sulfide) groups is 1. The van der Waals surface area contributed by atoms with E-state index in [4.69, 9.17) is 0 Å². The van der Waals surface area contributed by atoms with Gasteiger partial charge in [0.1, 0.15) is 0 Å². The predicted molar refractivity (Wildman–Crippen MR) is 77.7 cm³/mol. The van der Waals surface area contributed by atoms with Crippen molar-refractivity contribution in [2.75, 3.05) is 17.2 Å². The zero-order chi connectivity index (χ0) is 14.9. The molecule has 0 bridgehead atoms. The van der Waals surface area contributed by atoms with Crippen molar-refractivity contribution in [1.29, 1.82) is 0 Å². The monoisotopic (exact) mass is 363 g/mol. The minimum atomic E-state index is -0.988. The summed E-state index contributed by atoms with van der Waals surface area (Å²) >= 11 is 4.32. The van der Waals surface area contributed by atoms with Gasteiger partial charge >= 0.3 is 0 Å². The SMILES string of the molecule is CC(=O)SCC1CC(=O)N(c2cc(F)c(F)cc2Br)C1. The number of carbonyl (C=O) groups is 2. The van der Waals surface area contributed by atoms with Crippen LogP contribution in [0.15, 0.2) is 16.6 Å². The maximum absolute atomic E-state index is 13.3. The van der Waals surface area contributed by atoms with Crippen LogP contribution in [-0.4, -0.2) is 23.3 Å². The lowest BCUT2D eigenvalue weighted by atomic mass is 10.1. The molecule has 2 rings (SSSR count). The van der Waals surface area contributed by atoms with Crippen molar-refractivity contribution in [3.63, 3.8) is 0 Å². The van der Waals surface area contributed by atoms with Crippen LogP contribution < -0.4 is 4.90 Å². The van der Waals surface area contributed by atoms with Crippen LogP contribution in [0.1, 0.15) is 13.3 Å². The molecule has 1 saturated heterocycles. The fourth-order valence-electron chi connectivity index (χ4n) is 2.08. The first kappa shape index (κ1) is 15.4. The van der Waals surface area contributed by atoms with Gasteiger partial charge in [-0.2, -0.15) is 0 Å². The van der Waals surface area contributed by atoms with Crippen LogP contribution in [-0.2, 0) is 9.59 Å². The fourth-order valence-corrected chi connectivity index (χ4v) is 3.30. The van der Waals surface area contributed by atoms with Gasteiger partial charge in [-0.05, 0) is 27.9 Å². The largest absolute Gasteiger partial charge is 0.311 e. The molecular weight excluding hydrogens is 352 g/mol. The Bertz CT molecular complexity index is 568. The molecule has 1 atom stereocenters. The molecule has 20 heavy (non-hydrogen) atoms. The molecule has 0 saturated carbocycles. The maximum atomic E-state index is 13.3. The summed E-state index contributed by atoms with van der Waals surface area (Å²) in [5.74, 6) is -1.51. The smallest absolute Gasteiger partial charge is 0.227 e. The number of benzene rings is 1. The van der Waals surface area contributed by atoms with E-state index >= 15 is 0 Å². The summed E-state index contributed by atoms with van der Waals surface area (Å²) in [7, 11) is 0. The number of halogens is 3. The van der Waals surface area contributed by atoms with E-state index in [9.17, 15) is 18.4 Å². The van der Waals surface area contributed by atoms with Gasteiger partial charge in [0.25, 0.3) is 0 Å². The molecule has 0 aromatic heterocycles.